The third-order valence-corrected chi connectivity index (χ3v) is 4.04. The minimum atomic E-state index is -0.958. The highest BCUT2D eigenvalue weighted by Gasteiger charge is 2.34. The molecule has 0 saturated heterocycles. The second kappa shape index (κ2) is 10.9. The van der Waals surface area contributed by atoms with Crippen LogP contribution in [0.2, 0.25) is 0 Å². The van der Waals surface area contributed by atoms with Crippen LogP contribution in [0.4, 0.5) is 0 Å². The lowest BCUT2D eigenvalue weighted by Crippen LogP contribution is -2.31. The highest BCUT2D eigenvalue weighted by atomic mass is 35.5. The summed E-state index contributed by atoms with van der Waals surface area (Å²) < 4.78 is 14.8. The molecule has 0 aromatic heterocycles. The van der Waals surface area contributed by atoms with Crippen LogP contribution in [0.25, 0.3) is 0 Å². The van der Waals surface area contributed by atoms with Crippen LogP contribution < -0.4 is 0 Å². The maximum Gasteiger partial charge on any atom is 0.334 e. The fourth-order valence-electron chi connectivity index (χ4n) is 2.44. The number of allylic oxidation sites excluding steroid dienone is 1. The molecule has 0 heterocycles. The summed E-state index contributed by atoms with van der Waals surface area (Å²) in [5.41, 5.74) is 1.03. The van der Waals surface area contributed by atoms with Crippen LogP contribution in [-0.2, 0) is 28.6 Å². The minimum Gasteiger partial charge on any atom is -0.462 e. The number of esters is 3. The van der Waals surface area contributed by atoms with Gasteiger partial charge in [-0.15, -0.1) is 11.6 Å². The van der Waals surface area contributed by atoms with Crippen LogP contribution in [0, 0.1) is 5.92 Å². The number of ether oxygens (including phenoxy) is 3. The quantitative estimate of drug-likeness (QED) is 0.215. The Morgan fingerprint density at radius 1 is 1.32 bits per heavy atom. The molecule has 1 rings (SSSR count). The molecule has 1 N–H and O–H groups in total. The maximum atomic E-state index is 12.3. The Kier molecular flexibility index (Phi) is 9.23. The van der Waals surface area contributed by atoms with E-state index in [-0.39, 0.29) is 31.3 Å². The fraction of sp³-hybridized carbons (Fsp3) is 0.588. The topological polar surface area (TPSA) is 99.1 Å². The molecule has 8 heteroatoms. The lowest BCUT2D eigenvalue weighted by atomic mass is 9.83. The molecule has 0 spiro atoms. The number of hydrogen-bond acceptors (Lipinski definition) is 7. The zero-order valence-electron chi connectivity index (χ0n) is 14.2. The summed E-state index contributed by atoms with van der Waals surface area (Å²) in [5, 5.41) is 9.39. The van der Waals surface area contributed by atoms with Crippen molar-refractivity contribution in [2.45, 2.75) is 32.3 Å². The second-order valence-corrected chi connectivity index (χ2v) is 5.89. The van der Waals surface area contributed by atoms with E-state index in [1.165, 1.54) is 0 Å². The van der Waals surface area contributed by atoms with Gasteiger partial charge in [-0.3, -0.25) is 4.79 Å². The number of hydrogen-bond donors (Lipinski definition) is 1. The van der Waals surface area contributed by atoms with Crippen molar-refractivity contribution >= 4 is 29.5 Å². The summed E-state index contributed by atoms with van der Waals surface area (Å²) >= 11 is 5.46. The predicted molar refractivity (Wildman–Crippen MR) is 89.8 cm³/mol. The van der Waals surface area contributed by atoms with Crippen molar-refractivity contribution < 1.29 is 33.7 Å². The van der Waals surface area contributed by atoms with Gasteiger partial charge in [0.1, 0.15) is 25.9 Å². The van der Waals surface area contributed by atoms with Gasteiger partial charge in [-0.2, -0.15) is 0 Å². The molecular formula is C17H23ClO7. The molecule has 0 radical (unpaired) electrons. The Morgan fingerprint density at radius 2 is 2.00 bits per heavy atom. The van der Waals surface area contributed by atoms with Gasteiger partial charge < -0.3 is 19.3 Å². The maximum absolute atomic E-state index is 12.3. The van der Waals surface area contributed by atoms with Crippen LogP contribution >= 0.6 is 11.6 Å². The summed E-state index contributed by atoms with van der Waals surface area (Å²) in [7, 11) is 0. The standard InChI is InChI=1S/C17H23ClO7/c1-3-14(20)23-7-8-24-16(21)13-6-4-5-11(2)15(13)17(22)25-10-12(19)9-18/h3,12-13,19H,1,4-10H2,2H3. The third kappa shape index (κ3) is 6.88. The van der Waals surface area contributed by atoms with E-state index >= 15 is 0 Å². The molecule has 1 aliphatic carbocycles. The molecule has 0 amide bonds. The van der Waals surface area contributed by atoms with Crippen molar-refractivity contribution in [2.75, 3.05) is 25.7 Å². The number of aliphatic hydroxyl groups is 1. The molecule has 25 heavy (non-hydrogen) atoms. The lowest BCUT2D eigenvalue weighted by Gasteiger charge is -2.25. The van der Waals surface area contributed by atoms with Gasteiger partial charge in [-0.25, -0.2) is 9.59 Å². The van der Waals surface area contributed by atoms with Crippen LogP contribution in [0.1, 0.15) is 26.2 Å². The first kappa shape index (κ1) is 21.2. The molecule has 7 nitrogen and oxygen atoms in total. The summed E-state index contributed by atoms with van der Waals surface area (Å²) in [6.45, 7) is 4.58. The van der Waals surface area contributed by atoms with Crippen molar-refractivity contribution in [1.29, 1.82) is 0 Å². The zero-order chi connectivity index (χ0) is 18.8. The lowest BCUT2D eigenvalue weighted by molar-refractivity contribution is -0.154. The van der Waals surface area contributed by atoms with E-state index < -0.39 is 29.9 Å². The molecule has 2 unspecified atom stereocenters. The molecule has 2 atom stereocenters. The van der Waals surface area contributed by atoms with Gasteiger partial charge in [0.25, 0.3) is 0 Å². The monoisotopic (exact) mass is 374 g/mol. The first-order valence-corrected chi connectivity index (χ1v) is 8.50. The van der Waals surface area contributed by atoms with Gasteiger partial charge >= 0.3 is 17.9 Å². The molecule has 0 aromatic carbocycles. The van der Waals surface area contributed by atoms with Gasteiger partial charge in [0.2, 0.25) is 0 Å². The van der Waals surface area contributed by atoms with Crippen molar-refractivity contribution in [2.24, 2.45) is 5.92 Å². The van der Waals surface area contributed by atoms with Crippen LogP contribution in [0.5, 0.6) is 0 Å². The molecular weight excluding hydrogens is 352 g/mol. The van der Waals surface area contributed by atoms with Gasteiger partial charge in [0.15, 0.2) is 0 Å². The Labute approximate surface area is 151 Å². The zero-order valence-corrected chi connectivity index (χ0v) is 14.9. The highest BCUT2D eigenvalue weighted by Crippen LogP contribution is 2.32. The van der Waals surface area contributed by atoms with Crippen LogP contribution in [-0.4, -0.2) is 54.8 Å². The Balaban J connectivity index is 2.64. The normalized spacial score (nSPS) is 18.3. The molecule has 0 aromatic rings. The first-order chi connectivity index (χ1) is 11.9. The molecule has 1 aliphatic rings. The summed E-state index contributed by atoms with van der Waals surface area (Å²) in [6.07, 6.45) is 1.95. The smallest absolute Gasteiger partial charge is 0.334 e. The summed E-state index contributed by atoms with van der Waals surface area (Å²) in [6, 6.07) is 0. The largest absolute Gasteiger partial charge is 0.462 e. The Bertz CT molecular complexity index is 541. The van der Waals surface area contributed by atoms with Crippen molar-refractivity contribution in [3.05, 3.63) is 23.8 Å². The number of carbonyl (C=O) groups is 3. The van der Waals surface area contributed by atoms with Crippen molar-refractivity contribution in [3.63, 3.8) is 0 Å². The number of halogens is 1. The van der Waals surface area contributed by atoms with E-state index in [0.717, 1.165) is 18.1 Å². The van der Waals surface area contributed by atoms with Gasteiger partial charge in [-0.05, 0) is 26.2 Å². The Morgan fingerprint density at radius 3 is 2.64 bits per heavy atom. The number of rotatable bonds is 9. The SMILES string of the molecule is C=CC(=O)OCCOC(=O)C1CCCC(C)=C1C(=O)OCC(O)CCl. The second-order valence-electron chi connectivity index (χ2n) is 5.58. The summed E-state index contributed by atoms with van der Waals surface area (Å²) in [4.78, 5) is 35.5. The van der Waals surface area contributed by atoms with E-state index in [2.05, 4.69) is 6.58 Å². The van der Waals surface area contributed by atoms with Gasteiger partial charge in [0, 0.05) is 6.08 Å². The molecule has 0 bridgehead atoms. The fourth-order valence-corrected chi connectivity index (χ4v) is 2.53. The van der Waals surface area contributed by atoms with Gasteiger partial charge in [-0.1, -0.05) is 12.2 Å². The molecule has 140 valence electrons. The number of alkyl halides is 1. The highest BCUT2D eigenvalue weighted by molar-refractivity contribution is 6.18. The van der Waals surface area contributed by atoms with E-state index in [0.29, 0.717) is 12.8 Å². The first-order valence-electron chi connectivity index (χ1n) is 7.97. The van der Waals surface area contributed by atoms with E-state index in [1.54, 1.807) is 6.92 Å². The van der Waals surface area contributed by atoms with Crippen LogP contribution in [0.3, 0.4) is 0 Å². The molecule has 0 aliphatic heterocycles. The number of carbonyl (C=O) groups excluding carboxylic acids is 3. The van der Waals surface area contributed by atoms with Crippen molar-refractivity contribution in [1.82, 2.24) is 0 Å². The molecule has 0 fully saturated rings. The molecule has 0 saturated carbocycles. The van der Waals surface area contributed by atoms with Crippen molar-refractivity contribution in [3.8, 4) is 0 Å². The van der Waals surface area contributed by atoms with E-state index in [1.807, 2.05) is 0 Å². The third-order valence-electron chi connectivity index (χ3n) is 3.68. The average molecular weight is 375 g/mol. The summed E-state index contributed by atoms with van der Waals surface area (Å²) in [5.74, 6) is -2.61. The van der Waals surface area contributed by atoms with E-state index in [4.69, 9.17) is 25.8 Å². The average Bonchev–Trinajstić information content (AvgIpc) is 2.62. The Hall–Kier alpha value is -1.86. The van der Waals surface area contributed by atoms with E-state index in [9.17, 15) is 19.5 Å². The van der Waals surface area contributed by atoms with Crippen LogP contribution in [0.15, 0.2) is 23.8 Å². The van der Waals surface area contributed by atoms with Gasteiger partial charge in [0.05, 0.1) is 17.4 Å². The number of aliphatic hydroxyl groups excluding tert-OH is 1. The minimum absolute atomic E-state index is 0.0553. The predicted octanol–water partition coefficient (Wildman–Crippen LogP) is 1.52.